The summed E-state index contributed by atoms with van der Waals surface area (Å²) in [6, 6.07) is 6.32. The predicted octanol–water partition coefficient (Wildman–Crippen LogP) is 3.45. The van der Waals surface area contributed by atoms with E-state index < -0.39 is 24.0 Å². The summed E-state index contributed by atoms with van der Waals surface area (Å²) in [4.78, 5) is 39.2. The zero-order valence-corrected chi connectivity index (χ0v) is 26.7. The maximum atomic E-state index is 14.3. The zero-order chi connectivity index (χ0) is 30.1. The Balaban J connectivity index is 1.18. The molecule has 10 nitrogen and oxygen atoms in total. The summed E-state index contributed by atoms with van der Waals surface area (Å²) in [6.07, 6.45) is 4.59. The number of thiazole rings is 1. The summed E-state index contributed by atoms with van der Waals surface area (Å²) in [7, 11) is 5.26. The summed E-state index contributed by atoms with van der Waals surface area (Å²) < 4.78 is 17.5. The normalized spacial score (nSPS) is 26.8. The molecule has 3 aliphatic heterocycles. The zero-order valence-electron chi connectivity index (χ0n) is 25.2. The van der Waals surface area contributed by atoms with E-state index in [-0.39, 0.29) is 29.7 Å². The number of nitrogens with one attached hydrogen (secondary N) is 1. The molecule has 4 atom stereocenters. The number of ether oxygens (including phenoxy) is 3. The second-order valence-corrected chi connectivity index (χ2v) is 13.6. The van der Waals surface area contributed by atoms with Gasteiger partial charge in [-0.3, -0.25) is 9.59 Å². The van der Waals surface area contributed by atoms with Gasteiger partial charge in [-0.1, -0.05) is 31.4 Å². The lowest BCUT2D eigenvalue weighted by Crippen LogP contribution is -2.60. The maximum Gasteiger partial charge on any atom is 0.251 e. The van der Waals surface area contributed by atoms with Crippen molar-refractivity contribution in [1.82, 2.24) is 20.1 Å². The van der Waals surface area contributed by atoms with Crippen LogP contribution < -0.4 is 10.2 Å². The number of rotatable bonds is 8. The average molecular weight is 632 g/mol. The minimum Gasteiger partial charge on any atom is -0.369 e. The molecule has 1 aliphatic carbocycles. The molecule has 12 heteroatoms. The average Bonchev–Trinajstić information content (AvgIpc) is 3.77. The van der Waals surface area contributed by atoms with Gasteiger partial charge < -0.3 is 34.2 Å². The molecule has 4 aliphatic rings. The molecule has 4 unspecified atom stereocenters. The van der Waals surface area contributed by atoms with Crippen molar-refractivity contribution in [3.63, 3.8) is 0 Å². The highest BCUT2D eigenvalue weighted by Crippen LogP contribution is 2.42. The topological polar surface area (TPSA) is 96.5 Å². The van der Waals surface area contributed by atoms with Crippen LogP contribution in [0.5, 0.6) is 0 Å². The van der Waals surface area contributed by atoms with Gasteiger partial charge in [0.2, 0.25) is 11.7 Å². The lowest BCUT2D eigenvalue weighted by atomic mass is 9.83. The molecule has 0 spiro atoms. The number of likely N-dealkylation sites (tertiary alicyclic amines) is 1. The van der Waals surface area contributed by atoms with Crippen LogP contribution in [0.1, 0.15) is 42.5 Å². The number of fused-ring (bicyclic) bond motifs is 1. The molecule has 3 saturated heterocycles. The van der Waals surface area contributed by atoms with Crippen LogP contribution in [0.15, 0.2) is 29.6 Å². The number of aromatic nitrogens is 1. The number of carbonyl (C=O) groups excluding carboxylic acids is 2. The number of hydrogen-bond acceptors (Lipinski definition) is 9. The number of nitrogens with zero attached hydrogens (tertiary/aromatic N) is 4. The molecule has 43 heavy (non-hydrogen) atoms. The molecular weight excluding hydrogens is 590 g/mol. The van der Waals surface area contributed by atoms with E-state index >= 15 is 0 Å². The number of anilines is 1. The molecule has 2 aromatic rings. The molecule has 1 aromatic carbocycles. The van der Waals surface area contributed by atoms with E-state index in [4.69, 9.17) is 30.8 Å². The fourth-order valence-electron chi connectivity index (χ4n) is 7.02. The van der Waals surface area contributed by atoms with Crippen molar-refractivity contribution >= 4 is 39.9 Å². The van der Waals surface area contributed by atoms with E-state index in [1.165, 1.54) is 0 Å². The molecule has 0 bridgehead atoms. The first-order chi connectivity index (χ1) is 20.8. The third-order valence-electron chi connectivity index (χ3n) is 9.66. The van der Waals surface area contributed by atoms with Crippen LogP contribution in [-0.2, 0) is 19.0 Å². The van der Waals surface area contributed by atoms with E-state index in [0.717, 1.165) is 74.7 Å². The quantitative estimate of drug-likeness (QED) is 0.350. The van der Waals surface area contributed by atoms with Crippen molar-refractivity contribution in [1.29, 1.82) is 0 Å². The van der Waals surface area contributed by atoms with Gasteiger partial charge in [-0.05, 0) is 37.9 Å². The van der Waals surface area contributed by atoms with Crippen molar-refractivity contribution < 1.29 is 23.8 Å². The van der Waals surface area contributed by atoms with Crippen LogP contribution in [0.25, 0.3) is 11.3 Å². The Bertz CT molecular complexity index is 1280. The Morgan fingerprint density at radius 1 is 1.09 bits per heavy atom. The monoisotopic (exact) mass is 631 g/mol. The molecule has 234 valence electrons. The van der Waals surface area contributed by atoms with E-state index in [9.17, 15) is 9.59 Å². The highest BCUT2D eigenvalue weighted by atomic mass is 35.5. The van der Waals surface area contributed by atoms with Crippen LogP contribution in [0.3, 0.4) is 0 Å². The molecule has 1 N–H and O–H groups in total. The van der Waals surface area contributed by atoms with Crippen LogP contribution >= 0.6 is 22.9 Å². The third kappa shape index (κ3) is 6.04. The highest BCUT2D eigenvalue weighted by molar-refractivity contribution is 7.14. The van der Waals surface area contributed by atoms with E-state index in [2.05, 4.69) is 27.5 Å². The van der Waals surface area contributed by atoms with Gasteiger partial charge in [-0.25, -0.2) is 4.98 Å². The van der Waals surface area contributed by atoms with Crippen LogP contribution in [0.2, 0.25) is 0 Å². The van der Waals surface area contributed by atoms with Crippen LogP contribution in [0.4, 0.5) is 5.13 Å². The number of carbonyl (C=O) groups is 2. The van der Waals surface area contributed by atoms with Crippen LogP contribution in [-0.4, -0.2) is 117 Å². The van der Waals surface area contributed by atoms with Crippen molar-refractivity contribution in [3.05, 3.63) is 35.2 Å². The maximum absolute atomic E-state index is 14.3. The summed E-state index contributed by atoms with van der Waals surface area (Å²) in [6.45, 7) is 4.49. The SMILES string of the molecule is COC1(OC)COC2C(Cl)CN(C(=O)C(NC(=O)c3ccc(-c4csc(N5CCN(C)CC5)n4)cc3)C3CCCCC3)C21. The Labute approximate surface area is 262 Å². The molecule has 1 saturated carbocycles. The Morgan fingerprint density at radius 2 is 1.79 bits per heavy atom. The molecular formula is C31H42ClN5O5S. The Morgan fingerprint density at radius 3 is 2.47 bits per heavy atom. The summed E-state index contributed by atoms with van der Waals surface area (Å²) in [5.41, 5.74) is 2.37. The molecule has 4 fully saturated rings. The fraction of sp³-hybridized carbons (Fsp3) is 0.645. The molecule has 0 radical (unpaired) electrons. The lowest BCUT2D eigenvalue weighted by Gasteiger charge is -2.39. The van der Waals surface area contributed by atoms with Gasteiger partial charge in [0.1, 0.15) is 24.8 Å². The Hall–Kier alpha value is -2.28. The number of amides is 2. The van der Waals surface area contributed by atoms with Crippen molar-refractivity contribution in [2.75, 3.05) is 65.5 Å². The van der Waals surface area contributed by atoms with Crippen molar-refractivity contribution in [3.8, 4) is 11.3 Å². The first-order valence-corrected chi connectivity index (χ1v) is 16.6. The number of benzene rings is 1. The van der Waals surface area contributed by atoms with E-state index in [1.54, 1.807) is 30.5 Å². The van der Waals surface area contributed by atoms with Gasteiger partial charge in [0, 0.05) is 63.5 Å². The minimum atomic E-state index is -1.10. The number of hydrogen-bond donors (Lipinski definition) is 1. The summed E-state index contributed by atoms with van der Waals surface area (Å²) >= 11 is 8.33. The van der Waals surface area contributed by atoms with Crippen LogP contribution in [0, 0.1) is 5.92 Å². The summed E-state index contributed by atoms with van der Waals surface area (Å²) in [5.74, 6) is -1.47. The van der Waals surface area contributed by atoms with E-state index in [0.29, 0.717) is 12.1 Å². The standard InChI is InChI=1S/C31H42ClN5O5S/c1-35-13-15-36(16-14-35)30-33-24(18-43-30)20-9-11-22(12-10-20)28(38)34-25(21-7-5-4-6-8-21)29(39)37-17-23(32)26-27(37)31(40-2,41-3)19-42-26/h9-12,18,21,23,25-27H,4-8,13-17,19H2,1-3H3,(H,34,38). The second-order valence-electron chi connectivity index (χ2n) is 12.2. The largest absolute Gasteiger partial charge is 0.369 e. The molecule has 6 rings (SSSR count). The smallest absolute Gasteiger partial charge is 0.251 e. The number of methoxy groups -OCH3 is 2. The van der Waals surface area contributed by atoms with Gasteiger partial charge in [0.25, 0.3) is 5.91 Å². The van der Waals surface area contributed by atoms with E-state index in [1.807, 2.05) is 24.3 Å². The van der Waals surface area contributed by atoms with Gasteiger partial charge >= 0.3 is 0 Å². The predicted molar refractivity (Wildman–Crippen MR) is 167 cm³/mol. The van der Waals surface area contributed by atoms with Gasteiger partial charge in [-0.15, -0.1) is 22.9 Å². The summed E-state index contributed by atoms with van der Waals surface area (Å²) in [5, 5.41) is 5.84. The number of halogens is 1. The molecule has 4 heterocycles. The molecule has 2 amide bonds. The Kier molecular flexibility index (Phi) is 9.28. The number of piperazine rings is 1. The lowest BCUT2D eigenvalue weighted by molar-refractivity contribution is -0.227. The minimum absolute atomic E-state index is 0.0436. The molecule has 1 aromatic heterocycles. The fourth-order valence-corrected chi connectivity index (χ4v) is 8.26. The third-order valence-corrected chi connectivity index (χ3v) is 10.9. The van der Waals surface area contributed by atoms with Gasteiger partial charge in [-0.2, -0.15) is 0 Å². The number of alkyl halides is 1. The van der Waals surface area contributed by atoms with Gasteiger partial charge in [0.15, 0.2) is 5.13 Å². The first-order valence-electron chi connectivity index (χ1n) is 15.3. The number of likely N-dealkylation sites (N-methyl/N-ethyl adjacent to an activating group) is 1. The highest BCUT2D eigenvalue weighted by Gasteiger charge is 2.62. The first kappa shape index (κ1) is 30.7. The van der Waals surface area contributed by atoms with Gasteiger partial charge in [0.05, 0.1) is 11.1 Å². The van der Waals surface area contributed by atoms with Crippen molar-refractivity contribution in [2.45, 2.75) is 61.5 Å². The van der Waals surface area contributed by atoms with Crippen molar-refractivity contribution in [2.24, 2.45) is 5.92 Å². The second kappa shape index (κ2) is 13.0.